The highest BCUT2D eigenvalue weighted by atomic mass is 16.3. The second-order valence-electron chi connectivity index (χ2n) is 4.34. The summed E-state index contributed by atoms with van der Waals surface area (Å²) >= 11 is 0. The maximum absolute atomic E-state index is 9.60. The predicted molar refractivity (Wildman–Crippen MR) is 59.1 cm³/mol. The van der Waals surface area contributed by atoms with Crippen molar-refractivity contribution >= 4 is 0 Å². The summed E-state index contributed by atoms with van der Waals surface area (Å²) in [7, 11) is 0. The number of hydrogen-bond donors (Lipinski definition) is 2. The van der Waals surface area contributed by atoms with E-state index in [1.807, 2.05) is 0 Å². The van der Waals surface area contributed by atoms with E-state index in [9.17, 15) is 5.11 Å². The summed E-state index contributed by atoms with van der Waals surface area (Å²) in [6, 6.07) is 0. The molecule has 1 saturated heterocycles. The Morgan fingerprint density at radius 1 is 1.43 bits per heavy atom. The Bertz CT molecular complexity index is 144. The number of likely N-dealkylation sites (tertiary alicyclic amines) is 1. The minimum absolute atomic E-state index is 0.275. The number of rotatable bonds is 5. The van der Waals surface area contributed by atoms with Gasteiger partial charge in [0.2, 0.25) is 0 Å². The maximum Gasteiger partial charge on any atom is 0.0691 e. The van der Waals surface area contributed by atoms with E-state index in [0.29, 0.717) is 12.5 Å². The Morgan fingerprint density at radius 2 is 2.07 bits per heavy atom. The molecular formula is C11H24N2O. The van der Waals surface area contributed by atoms with Crippen molar-refractivity contribution in [1.29, 1.82) is 0 Å². The van der Waals surface area contributed by atoms with Gasteiger partial charge in [-0.2, -0.15) is 0 Å². The Balaban J connectivity index is 2.17. The fourth-order valence-corrected chi connectivity index (χ4v) is 2.14. The Labute approximate surface area is 87.3 Å². The molecule has 84 valence electrons. The summed E-state index contributed by atoms with van der Waals surface area (Å²) in [6.07, 6.45) is 4.52. The number of nitrogens with two attached hydrogens (primary N) is 1. The van der Waals surface area contributed by atoms with Gasteiger partial charge in [-0.1, -0.05) is 13.3 Å². The molecule has 1 aliphatic heterocycles. The first-order valence-electron chi connectivity index (χ1n) is 5.88. The number of hydrogen-bond acceptors (Lipinski definition) is 3. The maximum atomic E-state index is 9.60. The third kappa shape index (κ3) is 3.56. The number of nitrogens with zero attached hydrogens (tertiary/aromatic N) is 1. The van der Waals surface area contributed by atoms with E-state index in [1.54, 1.807) is 0 Å². The van der Waals surface area contributed by atoms with E-state index in [0.717, 1.165) is 25.9 Å². The van der Waals surface area contributed by atoms with Gasteiger partial charge in [0, 0.05) is 6.54 Å². The molecule has 0 bridgehead atoms. The van der Waals surface area contributed by atoms with Gasteiger partial charge < -0.3 is 15.7 Å². The largest absolute Gasteiger partial charge is 0.392 e. The van der Waals surface area contributed by atoms with Crippen LogP contribution in [0.25, 0.3) is 0 Å². The van der Waals surface area contributed by atoms with E-state index in [1.165, 1.54) is 19.4 Å². The van der Waals surface area contributed by atoms with Gasteiger partial charge in [0.1, 0.15) is 0 Å². The van der Waals surface area contributed by atoms with E-state index in [4.69, 9.17) is 5.73 Å². The molecule has 0 spiro atoms. The smallest absolute Gasteiger partial charge is 0.0691 e. The fraction of sp³-hybridized carbons (Fsp3) is 1.00. The molecule has 1 aliphatic rings. The first kappa shape index (κ1) is 12.0. The molecule has 1 unspecified atom stereocenters. The van der Waals surface area contributed by atoms with Crippen molar-refractivity contribution in [3.05, 3.63) is 0 Å². The third-order valence-corrected chi connectivity index (χ3v) is 3.25. The standard InChI is InChI=1S/C11H24N2O/c1-2-3-6-13-7-4-10(5-8-13)11(14)9-12/h10-11,14H,2-9,12H2,1H3. The van der Waals surface area contributed by atoms with Crippen LogP contribution in [0.4, 0.5) is 0 Å². The Hall–Kier alpha value is -0.120. The minimum Gasteiger partial charge on any atom is -0.392 e. The van der Waals surface area contributed by atoms with Gasteiger partial charge in [0.15, 0.2) is 0 Å². The van der Waals surface area contributed by atoms with Crippen molar-refractivity contribution in [3.63, 3.8) is 0 Å². The van der Waals surface area contributed by atoms with Crippen molar-refractivity contribution in [2.45, 2.75) is 38.7 Å². The molecule has 0 aromatic rings. The summed E-state index contributed by atoms with van der Waals surface area (Å²) in [6.45, 7) is 6.15. The number of unbranched alkanes of at least 4 members (excludes halogenated alkanes) is 1. The molecule has 0 radical (unpaired) electrons. The first-order valence-corrected chi connectivity index (χ1v) is 5.88. The lowest BCUT2D eigenvalue weighted by molar-refractivity contribution is 0.0648. The van der Waals surface area contributed by atoms with Gasteiger partial charge in [-0.25, -0.2) is 0 Å². The van der Waals surface area contributed by atoms with Crippen LogP contribution in [-0.4, -0.2) is 42.3 Å². The average Bonchev–Trinajstić information content (AvgIpc) is 2.26. The number of piperidine rings is 1. The van der Waals surface area contributed by atoms with E-state index < -0.39 is 0 Å². The number of aliphatic hydroxyl groups excluding tert-OH is 1. The molecule has 0 aromatic carbocycles. The average molecular weight is 200 g/mol. The second kappa shape index (κ2) is 6.38. The zero-order valence-electron chi connectivity index (χ0n) is 9.28. The predicted octanol–water partition coefficient (Wildman–Crippen LogP) is 0.818. The molecule has 3 nitrogen and oxygen atoms in total. The van der Waals surface area contributed by atoms with Crippen LogP contribution >= 0.6 is 0 Å². The SMILES string of the molecule is CCCCN1CCC(C(O)CN)CC1. The Morgan fingerprint density at radius 3 is 2.57 bits per heavy atom. The van der Waals surface area contributed by atoms with Crippen LogP contribution in [0, 0.1) is 5.92 Å². The van der Waals surface area contributed by atoms with Crippen LogP contribution < -0.4 is 5.73 Å². The van der Waals surface area contributed by atoms with E-state index in [-0.39, 0.29) is 6.10 Å². The van der Waals surface area contributed by atoms with Crippen LogP contribution in [0.2, 0.25) is 0 Å². The molecule has 14 heavy (non-hydrogen) atoms. The highest BCUT2D eigenvalue weighted by Crippen LogP contribution is 2.20. The molecular weight excluding hydrogens is 176 g/mol. The van der Waals surface area contributed by atoms with E-state index in [2.05, 4.69) is 11.8 Å². The molecule has 1 heterocycles. The van der Waals surface area contributed by atoms with Crippen LogP contribution in [0.15, 0.2) is 0 Å². The van der Waals surface area contributed by atoms with Gasteiger partial charge in [0.05, 0.1) is 6.10 Å². The molecule has 1 rings (SSSR count). The Kier molecular flexibility index (Phi) is 5.45. The minimum atomic E-state index is -0.275. The number of aliphatic hydroxyl groups is 1. The molecule has 0 aromatic heterocycles. The zero-order valence-corrected chi connectivity index (χ0v) is 9.28. The van der Waals surface area contributed by atoms with Crippen molar-refractivity contribution in [2.75, 3.05) is 26.2 Å². The zero-order chi connectivity index (χ0) is 10.4. The summed E-state index contributed by atoms with van der Waals surface area (Å²) in [5, 5.41) is 9.60. The summed E-state index contributed by atoms with van der Waals surface area (Å²) in [4.78, 5) is 2.50. The molecule has 0 amide bonds. The van der Waals surface area contributed by atoms with Gasteiger partial charge in [-0.15, -0.1) is 0 Å². The normalized spacial score (nSPS) is 22.5. The van der Waals surface area contributed by atoms with E-state index >= 15 is 0 Å². The van der Waals surface area contributed by atoms with Gasteiger partial charge >= 0.3 is 0 Å². The van der Waals surface area contributed by atoms with Crippen LogP contribution in [0.5, 0.6) is 0 Å². The lowest BCUT2D eigenvalue weighted by atomic mass is 9.91. The molecule has 0 aliphatic carbocycles. The quantitative estimate of drug-likeness (QED) is 0.691. The summed E-state index contributed by atoms with van der Waals surface area (Å²) < 4.78 is 0. The van der Waals surface area contributed by atoms with Crippen molar-refractivity contribution < 1.29 is 5.11 Å². The van der Waals surface area contributed by atoms with Crippen molar-refractivity contribution in [3.8, 4) is 0 Å². The van der Waals surface area contributed by atoms with Gasteiger partial charge in [-0.05, 0) is 44.8 Å². The topological polar surface area (TPSA) is 49.5 Å². The highest BCUT2D eigenvalue weighted by molar-refractivity contribution is 4.77. The molecule has 1 fully saturated rings. The van der Waals surface area contributed by atoms with Crippen molar-refractivity contribution in [1.82, 2.24) is 4.90 Å². The summed E-state index contributed by atoms with van der Waals surface area (Å²) in [5.74, 6) is 0.442. The van der Waals surface area contributed by atoms with Crippen LogP contribution in [0.1, 0.15) is 32.6 Å². The third-order valence-electron chi connectivity index (χ3n) is 3.25. The lowest BCUT2D eigenvalue weighted by Gasteiger charge is -2.33. The summed E-state index contributed by atoms with van der Waals surface area (Å²) in [5.41, 5.74) is 5.45. The lowest BCUT2D eigenvalue weighted by Crippen LogP contribution is -2.40. The fourth-order valence-electron chi connectivity index (χ4n) is 2.14. The second-order valence-corrected chi connectivity index (χ2v) is 4.34. The monoisotopic (exact) mass is 200 g/mol. The van der Waals surface area contributed by atoms with Crippen LogP contribution in [-0.2, 0) is 0 Å². The highest BCUT2D eigenvalue weighted by Gasteiger charge is 2.23. The van der Waals surface area contributed by atoms with Gasteiger partial charge in [0.25, 0.3) is 0 Å². The molecule has 0 saturated carbocycles. The van der Waals surface area contributed by atoms with Crippen molar-refractivity contribution in [2.24, 2.45) is 11.7 Å². The molecule has 3 heteroatoms. The van der Waals surface area contributed by atoms with Gasteiger partial charge in [-0.3, -0.25) is 0 Å². The molecule has 3 N–H and O–H groups in total. The molecule has 1 atom stereocenters. The first-order chi connectivity index (χ1) is 6.77. The van der Waals surface area contributed by atoms with Crippen LogP contribution in [0.3, 0.4) is 0 Å².